The lowest BCUT2D eigenvalue weighted by Crippen LogP contribution is -2.34. The highest BCUT2D eigenvalue weighted by Crippen LogP contribution is 2.41. The number of carbonyl (C=O) groups is 1. The number of sulfone groups is 1. The Balaban J connectivity index is 2.10. The van der Waals surface area contributed by atoms with Gasteiger partial charge >= 0.3 is 5.97 Å². The molecule has 4 unspecified atom stereocenters. The van der Waals surface area contributed by atoms with Crippen LogP contribution in [0.5, 0.6) is 0 Å². The standard InChI is InChI=1S/C14H24O4S/c1-2-10-4-3-5-11(8-10)13(14(15)16)12-6-7-19(17,18)9-12/h10-13H,2-9H2,1H3,(H,15,16). The minimum Gasteiger partial charge on any atom is -0.481 e. The summed E-state index contributed by atoms with van der Waals surface area (Å²) in [6.45, 7) is 2.16. The average molecular weight is 288 g/mol. The first kappa shape index (κ1) is 14.8. The van der Waals surface area contributed by atoms with Gasteiger partial charge in [-0.25, -0.2) is 8.42 Å². The minimum absolute atomic E-state index is 0.0806. The summed E-state index contributed by atoms with van der Waals surface area (Å²) in [7, 11) is -3.00. The topological polar surface area (TPSA) is 71.4 Å². The molecular formula is C14H24O4S. The predicted molar refractivity (Wildman–Crippen MR) is 73.6 cm³/mol. The third-order valence-electron chi connectivity index (χ3n) is 4.97. The summed E-state index contributed by atoms with van der Waals surface area (Å²) < 4.78 is 23.2. The lowest BCUT2D eigenvalue weighted by molar-refractivity contribution is -0.146. The fourth-order valence-electron chi connectivity index (χ4n) is 3.92. The van der Waals surface area contributed by atoms with Gasteiger partial charge in [0.25, 0.3) is 0 Å². The second kappa shape index (κ2) is 5.81. The quantitative estimate of drug-likeness (QED) is 0.862. The van der Waals surface area contributed by atoms with Gasteiger partial charge < -0.3 is 5.11 Å². The number of carboxylic acid groups (broad SMARTS) is 1. The lowest BCUT2D eigenvalue weighted by Gasteiger charge is -2.34. The Morgan fingerprint density at radius 1 is 1.26 bits per heavy atom. The Bertz CT molecular complexity index is 429. The Morgan fingerprint density at radius 3 is 2.53 bits per heavy atom. The highest BCUT2D eigenvalue weighted by Gasteiger charge is 2.42. The van der Waals surface area contributed by atoms with E-state index < -0.39 is 21.7 Å². The van der Waals surface area contributed by atoms with E-state index in [9.17, 15) is 18.3 Å². The van der Waals surface area contributed by atoms with Crippen LogP contribution in [0.2, 0.25) is 0 Å². The van der Waals surface area contributed by atoms with Gasteiger partial charge in [-0.1, -0.05) is 26.2 Å². The molecule has 1 N–H and O–H groups in total. The molecule has 1 aliphatic carbocycles. The van der Waals surface area contributed by atoms with E-state index in [4.69, 9.17) is 0 Å². The van der Waals surface area contributed by atoms with E-state index in [1.807, 2.05) is 0 Å². The summed E-state index contributed by atoms with van der Waals surface area (Å²) in [5.74, 6) is -0.352. The largest absolute Gasteiger partial charge is 0.481 e. The van der Waals surface area contributed by atoms with Crippen LogP contribution in [0.4, 0.5) is 0 Å². The van der Waals surface area contributed by atoms with Crippen molar-refractivity contribution in [3.63, 3.8) is 0 Å². The maximum Gasteiger partial charge on any atom is 0.307 e. The van der Waals surface area contributed by atoms with Crippen molar-refractivity contribution in [3.05, 3.63) is 0 Å². The highest BCUT2D eigenvalue weighted by atomic mass is 32.2. The van der Waals surface area contributed by atoms with Gasteiger partial charge in [-0.15, -0.1) is 0 Å². The van der Waals surface area contributed by atoms with Gasteiger partial charge in [0.1, 0.15) is 0 Å². The molecule has 1 saturated heterocycles. The number of carboxylic acids is 1. The smallest absolute Gasteiger partial charge is 0.307 e. The van der Waals surface area contributed by atoms with E-state index in [-0.39, 0.29) is 23.3 Å². The van der Waals surface area contributed by atoms with Crippen molar-refractivity contribution >= 4 is 15.8 Å². The van der Waals surface area contributed by atoms with Crippen molar-refractivity contribution in [1.82, 2.24) is 0 Å². The van der Waals surface area contributed by atoms with Crippen LogP contribution < -0.4 is 0 Å². The van der Waals surface area contributed by atoms with Crippen LogP contribution >= 0.6 is 0 Å². The lowest BCUT2D eigenvalue weighted by atomic mass is 9.70. The van der Waals surface area contributed by atoms with E-state index in [1.54, 1.807) is 0 Å². The molecule has 2 aliphatic rings. The van der Waals surface area contributed by atoms with Crippen LogP contribution in [-0.2, 0) is 14.6 Å². The molecule has 1 aliphatic heterocycles. The molecule has 2 rings (SSSR count). The van der Waals surface area contributed by atoms with Crippen LogP contribution in [0, 0.1) is 23.7 Å². The van der Waals surface area contributed by atoms with Gasteiger partial charge in [0.15, 0.2) is 9.84 Å². The zero-order chi connectivity index (χ0) is 14.0. The zero-order valence-electron chi connectivity index (χ0n) is 11.5. The maximum absolute atomic E-state index is 11.6. The third kappa shape index (κ3) is 3.50. The SMILES string of the molecule is CCC1CCCC(C(C(=O)O)C2CCS(=O)(=O)C2)C1. The summed E-state index contributed by atoms with van der Waals surface area (Å²) in [6, 6.07) is 0. The number of hydrogen-bond donors (Lipinski definition) is 1. The summed E-state index contributed by atoms with van der Waals surface area (Å²) >= 11 is 0. The van der Waals surface area contributed by atoms with Crippen molar-refractivity contribution in [1.29, 1.82) is 0 Å². The molecule has 0 spiro atoms. The Labute approximate surface area is 115 Å². The number of hydrogen-bond acceptors (Lipinski definition) is 3. The summed E-state index contributed by atoms with van der Waals surface area (Å²) in [4.78, 5) is 11.6. The second-order valence-corrected chi connectivity index (χ2v) is 8.46. The molecule has 2 fully saturated rings. The summed E-state index contributed by atoms with van der Waals surface area (Å²) in [6.07, 6.45) is 5.83. The molecular weight excluding hydrogens is 264 g/mol. The van der Waals surface area contributed by atoms with Crippen LogP contribution in [0.1, 0.15) is 45.4 Å². The molecule has 4 atom stereocenters. The first-order valence-electron chi connectivity index (χ1n) is 7.36. The molecule has 4 nitrogen and oxygen atoms in total. The number of aliphatic carboxylic acids is 1. The summed E-state index contributed by atoms with van der Waals surface area (Å²) in [5.41, 5.74) is 0. The molecule has 0 amide bonds. The van der Waals surface area contributed by atoms with Gasteiger partial charge in [-0.05, 0) is 37.0 Å². The molecule has 5 heteroatoms. The van der Waals surface area contributed by atoms with Gasteiger partial charge in [0.05, 0.1) is 17.4 Å². The van der Waals surface area contributed by atoms with Gasteiger partial charge in [-0.3, -0.25) is 4.79 Å². The Hall–Kier alpha value is -0.580. The molecule has 19 heavy (non-hydrogen) atoms. The van der Waals surface area contributed by atoms with Crippen LogP contribution in [0.15, 0.2) is 0 Å². The highest BCUT2D eigenvalue weighted by molar-refractivity contribution is 7.91. The van der Waals surface area contributed by atoms with Crippen molar-refractivity contribution in [2.24, 2.45) is 23.7 Å². The minimum atomic E-state index is -3.00. The van der Waals surface area contributed by atoms with Crippen molar-refractivity contribution in [2.75, 3.05) is 11.5 Å². The van der Waals surface area contributed by atoms with E-state index in [0.717, 1.165) is 25.7 Å². The zero-order valence-corrected chi connectivity index (χ0v) is 12.4. The molecule has 110 valence electrons. The Kier molecular flexibility index (Phi) is 4.54. The number of rotatable bonds is 4. The van der Waals surface area contributed by atoms with Crippen LogP contribution in [0.3, 0.4) is 0 Å². The second-order valence-electron chi connectivity index (χ2n) is 6.23. The van der Waals surface area contributed by atoms with Gasteiger partial charge in [-0.2, -0.15) is 0 Å². The maximum atomic E-state index is 11.6. The van der Waals surface area contributed by atoms with Crippen LogP contribution in [-0.4, -0.2) is 31.0 Å². The first-order valence-corrected chi connectivity index (χ1v) is 9.18. The van der Waals surface area contributed by atoms with Crippen LogP contribution in [0.25, 0.3) is 0 Å². The van der Waals surface area contributed by atoms with Gasteiger partial charge in [0, 0.05) is 0 Å². The van der Waals surface area contributed by atoms with Crippen molar-refractivity contribution in [3.8, 4) is 0 Å². The molecule has 0 aromatic heterocycles. The molecule has 1 saturated carbocycles. The van der Waals surface area contributed by atoms with Crippen molar-refractivity contribution < 1.29 is 18.3 Å². The van der Waals surface area contributed by atoms with E-state index in [2.05, 4.69) is 6.92 Å². The molecule has 0 aromatic carbocycles. The van der Waals surface area contributed by atoms with E-state index in [0.29, 0.717) is 12.3 Å². The normalized spacial score (nSPS) is 35.9. The Morgan fingerprint density at radius 2 is 2.00 bits per heavy atom. The fraction of sp³-hybridized carbons (Fsp3) is 0.929. The van der Waals surface area contributed by atoms with E-state index >= 15 is 0 Å². The first-order chi connectivity index (χ1) is 8.93. The molecule has 0 bridgehead atoms. The van der Waals surface area contributed by atoms with E-state index in [1.165, 1.54) is 6.42 Å². The molecule has 0 radical (unpaired) electrons. The molecule has 1 heterocycles. The van der Waals surface area contributed by atoms with Gasteiger partial charge in [0.2, 0.25) is 0 Å². The average Bonchev–Trinajstić information content (AvgIpc) is 2.69. The monoisotopic (exact) mass is 288 g/mol. The third-order valence-corrected chi connectivity index (χ3v) is 6.76. The summed E-state index contributed by atoms with van der Waals surface area (Å²) in [5, 5.41) is 9.52. The van der Waals surface area contributed by atoms with Crippen molar-refractivity contribution in [2.45, 2.75) is 45.4 Å². The molecule has 0 aromatic rings. The predicted octanol–water partition coefficient (Wildman–Crippen LogP) is 2.34. The fourth-order valence-corrected chi connectivity index (χ4v) is 5.78.